The maximum Gasteiger partial charge on any atom is 0.123 e. The molecule has 1 atom stereocenters. The normalized spacial score (nSPS) is 12.2. The lowest BCUT2D eigenvalue weighted by molar-refractivity contribution is 0.414. The summed E-state index contributed by atoms with van der Waals surface area (Å²) in [6.07, 6.45) is 0.993. The molecule has 0 aliphatic rings. The van der Waals surface area contributed by atoms with Gasteiger partial charge in [0, 0.05) is 12.6 Å². The summed E-state index contributed by atoms with van der Waals surface area (Å²) in [6, 6.07) is 13.3. The average Bonchev–Trinajstić information content (AvgIpc) is 2.50. The monoisotopic (exact) mass is 287 g/mol. The van der Waals surface area contributed by atoms with Crippen molar-refractivity contribution in [2.45, 2.75) is 32.9 Å². The van der Waals surface area contributed by atoms with E-state index in [0.717, 1.165) is 29.8 Å². The van der Waals surface area contributed by atoms with E-state index in [2.05, 4.69) is 24.4 Å². The van der Waals surface area contributed by atoms with Crippen LogP contribution in [0, 0.1) is 12.7 Å². The van der Waals surface area contributed by atoms with E-state index in [1.807, 2.05) is 25.1 Å². The summed E-state index contributed by atoms with van der Waals surface area (Å²) >= 11 is 0. The van der Waals surface area contributed by atoms with Crippen LogP contribution in [0.1, 0.15) is 36.1 Å². The van der Waals surface area contributed by atoms with E-state index in [1.54, 1.807) is 13.2 Å². The number of ether oxygens (including phenoxy) is 1. The predicted molar refractivity (Wildman–Crippen MR) is 84.0 cm³/mol. The second-order valence-electron chi connectivity index (χ2n) is 5.19. The summed E-state index contributed by atoms with van der Waals surface area (Å²) in [5.41, 5.74) is 3.34. The summed E-state index contributed by atoms with van der Waals surface area (Å²) in [6.45, 7) is 4.82. The Balaban J connectivity index is 2.04. The number of hydrogen-bond donors (Lipinski definition) is 1. The van der Waals surface area contributed by atoms with E-state index >= 15 is 0 Å². The Bertz CT molecular complexity index is 580. The number of halogens is 1. The van der Waals surface area contributed by atoms with Gasteiger partial charge in [-0.3, -0.25) is 0 Å². The van der Waals surface area contributed by atoms with Crippen LogP contribution < -0.4 is 10.1 Å². The highest BCUT2D eigenvalue weighted by Gasteiger charge is 2.09. The lowest BCUT2D eigenvalue weighted by Crippen LogP contribution is -2.20. The summed E-state index contributed by atoms with van der Waals surface area (Å²) < 4.78 is 18.3. The third-order valence-corrected chi connectivity index (χ3v) is 3.77. The first kappa shape index (κ1) is 15.5. The zero-order valence-corrected chi connectivity index (χ0v) is 12.8. The Labute approximate surface area is 126 Å². The third-order valence-electron chi connectivity index (χ3n) is 3.77. The molecule has 0 spiro atoms. The number of aryl methyl sites for hydroxylation is 1. The van der Waals surface area contributed by atoms with Crippen molar-refractivity contribution >= 4 is 0 Å². The van der Waals surface area contributed by atoms with Crippen LogP contribution in [0.3, 0.4) is 0 Å². The largest absolute Gasteiger partial charge is 0.497 e. The Morgan fingerprint density at radius 1 is 1.14 bits per heavy atom. The summed E-state index contributed by atoms with van der Waals surface area (Å²) in [5, 5.41) is 3.54. The molecule has 0 heterocycles. The second kappa shape index (κ2) is 7.23. The lowest BCUT2D eigenvalue weighted by Gasteiger charge is -2.18. The molecule has 0 aliphatic heterocycles. The maximum atomic E-state index is 13.1. The zero-order valence-electron chi connectivity index (χ0n) is 12.8. The molecule has 0 saturated heterocycles. The highest BCUT2D eigenvalue weighted by Crippen LogP contribution is 2.21. The van der Waals surface area contributed by atoms with Gasteiger partial charge in [-0.2, -0.15) is 0 Å². The van der Waals surface area contributed by atoms with Gasteiger partial charge in [-0.25, -0.2) is 4.39 Å². The average molecular weight is 287 g/mol. The standard InChI is InChI=1S/C18H22FNO/c1-4-18(14-6-9-17(21-3)10-7-14)20-12-15-5-8-16(19)11-13(15)2/h5-11,18,20H,4,12H2,1-3H3. The Hall–Kier alpha value is -1.87. The van der Waals surface area contributed by atoms with Gasteiger partial charge in [-0.05, 0) is 54.3 Å². The molecule has 0 aromatic heterocycles. The lowest BCUT2D eigenvalue weighted by atomic mass is 10.0. The van der Waals surface area contributed by atoms with Crippen molar-refractivity contribution in [1.29, 1.82) is 0 Å². The Morgan fingerprint density at radius 2 is 1.86 bits per heavy atom. The van der Waals surface area contributed by atoms with Gasteiger partial charge in [0.2, 0.25) is 0 Å². The van der Waals surface area contributed by atoms with Crippen LogP contribution in [0.25, 0.3) is 0 Å². The SMILES string of the molecule is CCC(NCc1ccc(F)cc1C)c1ccc(OC)cc1. The van der Waals surface area contributed by atoms with Crippen LogP contribution in [0.4, 0.5) is 4.39 Å². The molecule has 0 radical (unpaired) electrons. The molecule has 0 aliphatic carbocycles. The van der Waals surface area contributed by atoms with Crippen molar-refractivity contribution in [1.82, 2.24) is 5.32 Å². The first-order chi connectivity index (χ1) is 10.1. The van der Waals surface area contributed by atoms with Crippen LogP contribution in [0.5, 0.6) is 5.75 Å². The van der Waals surface area contributed by atoms with Crippen molar-refractivity contribution in [2.24, 2.45) is 0 Å². The van der Waals surface area contributed by atoms with Crippen LogP contribution in [0.2, 0.25) is 0 Å². The number of benzene rings is 2. The minimum absolute atomic E-state index is 0.182. The predicted octanol–water partition coefficient (Wildman–Crippen LogP) is 4.38. The van der Waals surface area contributed by atoms with Crippen molar-refractivity contribution in [3.63, 3.8) is 0 Å². The molecular weight excluding hydrogens is 265 g/mol. The second-order valence-corrected chi connectivity index (χ2v) is 5.19. The minimum Gasteiger partial charge on any atom is -0.497 e. The van der Waals surface area contributed by atoms with Crippen molar-refractivity contribution in [3.05, 3.63) is 65.0 Å². The van der Waals surface area contributed by atoms with Crippen molar-refractivity contribution < 1.29 is 9.13 Å². The topological polar surface area (TPSA) is 21.3 Å². The number of hydrogen-bond acceptors (Lipinski definition) is 2. The summed E-state index contributed by atoms with van der Waals surface area (Å²) in [7, 11) is 1.67. The Morgan fingerprint density at radius 3 is 2.43 bits per heavy atom. The number of methoxy groups -OCH3 is 1. The fraction of sp³-hybridized carbons (Fsp3) is 0.333. The van der Waals surface area contributed by atoms with Gasteiger partial charge in [0.1, 0.15) is 11.6 Å². The van der Waals surface area contributed by atoms with Crippen molar-refractivity contribution in [2.75, 3.05) is 7.11 Å². The van der Waals surface area contributed by atoms with E-state index < -0.39 is 0 Å². The molecule has 0 bridgehead atoms. The van der Waals surface area contributed by atoms with E-state index in [1.165, 1.54) is 11.6 Å². The first-order valence-electron chi connectivity index (χ1n) is 7.26. The molecular formula is C18H22FNO. The van der Waals surface area contributed by atoms with Crippen molar-refractivity contribution in [3.8, 4) is 5.75 Å². The molecule has 2 nitrogen and oxygen atoms in total. The summed E-state index contributed by atoms with van der Waals surface area (Å²) in [5.74, 6) is 0.682. The highest BCUT2D eigenvalue weighted by atomic mass is 19.1. The van der Waals surface area contributed by atoms with Crippen LogP contribution in [0.15, 0.2) is 42.5 Å². The molecule has 0 saturated carbocycles. The van der Waals surface area contributed by atoms with Crippen LogP contribution in [-0.4, -0.2) is 7.11 Å². The van der Waals surface area contributed by atoms with Gasteiger partial charge in [0.05, 0.1) is 7.11 Å². The molecule has 112 valence electrons. The molecule has 21 heavy (non-hydrogen) atoms. The maximum absolute atomic E-state index is 13.1. The van der Waals surface area contributed by atoms with Gasteiger partial charge >= 0.3 is 0 Å². The molecule has 2 aromatic carbocycles. The van der Waals surface area contributed by atoms with Gasteiger partial charge < -0.3 is 10.1 Å². The third kappa shape index (κ3) is 4.05. The molecule has 1 N–H and O–H groups in total. The molecule has 1 unspecified atom stereocenters. The van der Waals surface area contributed by atoms with Gasteiger partial charge in [0.25, 0.3) is 0 Å². The summed E-state index contributed by atoms with van der Waals surface area (Å²) in [4.78, 5) is 0. The molecule has 3 heteroatoms. The van der Waals surface area contributed by atoms with Crippen LogP contribution in [-0.2, 0) is 6.54 Å². The molecule has 2 rings (SSSR count). The zero-order chi connectivity index (χ0) is 15.2. The smallest absolute Gasteiger partial charge is 0.123 e. The van der Waals surface area contributed by atoms with Gasteiger partial charge in [-0.15, -0.1) is 0 Å². The minimum atomic E-state index is -0.182. The Kier molecular flexibility index (Phi) is 5.34. The van der Waals surface area contributed by atoms with Crippen LogP contribution >= 0.6 is 0 Å². The van der Waals surface area contributed by atoms with E-state index in [4.69, 9.17) is 4.74 Å². The van der Waals surface area contributed by atoms with E-state index in [-0.39, 0.29) is 11.9 Å². The molecule has 2 aromatic rings. The fourth-order valence-corrected chi connectivity index (χ4v) is 2.42. The molecule has 0 amide bonds. The number of rotatable bonds is 6. The van der Waals surface area contributed by atoms with E-state index in [9.17, 15) is 4.39 Å². The fourth-order valence-electron chi connectivity index (χ4n) is 2.42. The van der Waals surface area contributed by atoms with Gasteiger partial charge in [-0.1, -0.05) is 25.1 Å². The quantitative estimate of drug-likeness (QED) is 0.851. The van der Waals surface area contributed by atoms with Gasteiger partial charge in [0.15, 0.2) is 0 Å². The molecule has 0 fully saturated rings. The number of nitrogens with one attached hydrogen (secondary N) is 1. The van der Waals surface area contributed by atoms with E-state index in [0.29, 0.717) is 0 Å². The highest BCUT2D eigenvalue weighted by molar-refractivity contribution is 5.30. The first-order valence-corrected chi connectivity index (χ1v) is 7.26.